The van der Waals surface area contributed by atoms with Gasteiger partial charge in [0.15, 0.2) is 11.7 Å². The number of nitrogens with one attached hydrogen (secondary N) is 2. The summed E-state index contributed by atoms with van der Waals surface area (Å²) in [5.41, 5.74) is 1.73. The van der Waals surface area contributed by atoms with E-state index in [4.69, 9.17) is 9.15 Å². The zero-order valence-electron chi connectivity index (χ0n) is 24.5. The lowest BCUT2D eigenvalue weighted by molar-refractivity contribution is -0.141. The van der Waals surface area contributed by atoms with Crippen LogP contribution in [-0.2, 0) is 14.3 Å². The van der Waals surface area contributed by atoms with Crippen molar-refractivity contribution < 1.29 is 33.4 Å². The fraction of sp³-hybridized carbons (Fsp3) is 0.452. The number of carbonyl (C=O) groups excluding carboxylic acids is 4. The Morgan fingerprint density at radius 3 is 2.26 bits per heavy atom. The van der Waals surface area contributed by atoms with Crippen molar-refractivity contribution >= 4 is 34.8 Å². The maximum Gasteiger partial charge on any atom is 0.337 e. The van der Waals surface area contributed by atoms with Crippen LogP contribution in [0.5, 0.6) is 0 Å². The maximum atomic E-state index is 13.7. The fourth-order valence-corrected chi connectivity index (χ4v) is 5.14. The summed E-state index contributed by atoms with van der Waals surface area (Å²) in [5, 5.41) is 16.9. The number of amides is 3. The molecule has 0 bridgehead atoms. The zero-order chi connectivity index (χ0) is 30.6. The van der Waals surface area contributed by atoms with Crippen LogP contribution < -0.4 is 10.6 Å². The van der Waals surface area contributed by atoms with Crippen molar-refractivity contribution in [3.8, 4) is 0 Å². The van der Waals surface area contributed by atoms with Crippen molar-refractivity contribution in [3.05, 3.63) is 65.5 Å². The summed E-state index contributed by atoms with van der Waals surface area (Å²) in [6, 6.07) is 10.8. The van der Waals surface area contributed by atoms with Gasteiger partial charge in [0.25, 0.3) is 5.91 Å². The number of aliphatic hydroxyl groups excluding tert-OH is 1. The molecule has 42 heavy (non-hydrogen) atoms. The molecule has 1 unspecified atom stereocenters. The fourth-order valence-electron chi connectivity index (χ4n) is 5.14. The van der Waals surface area contributed by atoms with Crippen LogP contribution in [0.15, 0.2) is 52.9 Å². The molecule has 11 heteroatoms. The quantitative estimate of drug-likeness (QED) is 0.310. The first-order valence-corrected chi connectivity index (χ1v) is 14.2. The Morgan fingerprint density at radius 1 is 0.976 bits per heavy atom. The summed E-state index contributed by atoms with van der Waals surface area (Å²) in [6.45, 7) is 7.75. The highest BCUT2D eigenvalue weighted by molar-refractivity contribution is 5.99. The van der Waals surface area contributed by atoms with Gasteiger partial charge in [-0.25, -0.2) is 9.78 Å². The third-order valence-corrected chi connectivity index (χ3v) is 7.56. The molecule has 4 rings (SSSR count). The number of methoxy groups -OCH3 is 1. The molecule has 1 aliphatic heterocycles. The molecule has 0 spiro atoms. The second kappa shape index (κ2) is 13.2. The number of nitrogens with zero attached hydrogens (tertiary/aromatic N) is 2. The van der Waals surface area contributed by atoms with Crippen LogP contribution >= 0.6 is 0 Å². The SMILES string of the molecule is COC(=O)c1ccc(C(=O)N[C@H](C(=O)N2CCC[C@H]2C(=O)N[C@@H](C(C)C)C(O)c2nc3ccccc3o2)C(C)C)cc1. The van der Waals surface area contributed by atoms with Crippen LogP contribution in [0.25, 0.3) is 11.1 Å². The number of para-hydroxylation sites is 2. The largest absolute Gasteiger partial charge is 0.465 e. The van der Waals surface area contributed by atoms with Gasteiger partial charge in [-0.05, 0) is 61.1 Å². The first-order chi connectivity index (χ1) is 20.0. The van der Waals surface area contributed by atoms with Crippen LogP contribution in [-0.4, -0.2) is 70.5 Å². The van der Waals surface area contributed by atoms with Gasteiger partial charge < -0.3 is 29.8 Å². The molecular formula is C31H38N4O7. The van der Waals surface area contributed by atoms with Crippen molar-refractivity contribution in [2.75, 3.05) is 13.7 Å². The number of carbonyl (C=O) groups is 4. The summed E-state index contributed by atoms with van der Waals surface area (Å²) < 4.78 is 10.4. The number of hydrogen-bond acceptors (Lipinski definition) is 8. The number of aromatic nitrogens is 1. The summed E-state index contributed by atoms with van der Waals surface area (Å²) in [7, 11) is 1.27. The number of hydrogen-bond donors (Lipinski definition) is 3. The molecule has 0 aliphatic carbocycles. The van der Waals surface area contributed by atoms with Crippen LogP contribution in [0.2, 0.25) is 0 Å². The summed E-state index contributed by atoms with van der Waals surface area (Å²) in [4.78, 5) is 57.9. The molecule has 0 radical (unpaired) electrons. The predicted octanol–water partition coefficient (Wildman–Crippen LogP) is 3.23. The van der Waals surface area contributed by atoms with Crippen LogP contribution in [0.3, 0.4) is 0 Å². The number of oxazole rings is 1. The van der Waals surface area contributed by atoms with Gasteiger partial charge in [0, 0.05) is 12.1 Å². The molecule has 3 amide bonds. The topological polar surface area (TPSA) is 151 Å². The molecule has 0 saturated carbocycles. The minimum atomic E-state index is -1.19. The molecule has 1 aliphatic rings. The molecule has 2 aromatic carbocycles. The zero-order valence-corrected chi connectivity index (χ0v) is 24.5. The van der Waals surface area contributed by atoms with E-state index < -0.39 is 36.1 Å². The van der Waals surface area contributed by atoms with Crippen LogP contribution in [0.4, 0.5) is 0 Å². The number of fused-ring (bicyclic) bond motifs is 1. The van der Waals surface area contributed by atoms with Crippen molar-refractivity contribution in [2.24, 2.45) is 11.8 Å². The predicted molar refractivity (Wildman–Crippen MR) is 154 cm³/mol. The lowest BCUT2D eigenvalue weighted by atomic mass is 9.97. The van der Waals surface area contributed by atoms with Crippen molar-refractivity contribution in [2.45, 2.75) is 64.8 Å². The van der Waals surface area contributed by atoms with E-state index in [0.29, 0.717) is 36.0 Å². The Bertz CT molecular complexity index is 1400. The van der Waals surface area contributed by atoms with Gasteiger partial charge in [-0.2, -0.15) is 0 Å². The molecule has 2 heterocycles. The lowest BCUT2D eigenvalue weighted by Crippen LogP contribution is -2.56. The van der Waals surface area contributed by atoms with Gasteiger partial charge in [-0.3, -0.25) is 14.4 Å². The average Bonchev–Trinajstić information content (AvgIpc) is 3.65. The first kappa shape index (κ1) is 30.7. The average molecular weight is 579 g/mol. The van der Waals surface area contributed by atoms with E-state index in [-0.39, 0.29) is 35.1 Å². The second-order valence-electron chi connectivity index (χ2n) is 11.2. The second-order valence-corrected chi connectivity index (χ2v) is 11.2. The Labute approximate surface area is 244 Å². The molecule has 4 atom stereocenters. The number of ether oxygens (including phenoxy) is 1. The van der Waals surface area contributed by atoms with Crippen molar-refractivity contribution in [1.82, 2.24) is 20.5 Å². The van der Waals surface area contributed by atoms with Gasteiger partial charge >= 0.3 is 5.97 Å². The Balaban J connectivity index is 1.46. The molecule has 1 aromatic heterocycles. The Kier molecular flexibility index (Phi) is 9.62. The van der Waals surface area contributed by atoms with Crippen molar-refractivity contribution in [3.63, 3.8) is 0 Å². The molecule has 224 valence electrons. The number of benzene rings is 2. The monoisotopic (exact) mass is 578 g/mol. The maximum absolute atomic E-state index is 13.7. The van der Waals surface area contributed by atoms with E-state index in [1.807, 2.05) is 39.8 Å². The Morgan fingerprint density at radius 2 is 1.64 bits per heavy atom. The molecule has 3 N–H and O–H groups in total. The number of esters is 1. The van der Waals surface area contributed by atoms with E-state index in [1.165, 1.54) is 36.3 Å². The van der Waals surface area contributed by atoms with Gasteiger partial charge in [-0.15, -0.1) is 0 Å². The standard InChI is InChI=1S/C31H38N4O7/c1-17(2)24(26(36)29-32-21-9-6-7-11-23(21)42-29)33-28(38)22-10-8-16-35(22)30(39)25(18(3)4)34-27(37)19-12-14-20(15-13-19)31(40)41-5/h6-7,9,11-15,17-18,22,24-26,36H,8,10,16H2,1-5H3,(H,33,38)(H,34,37)/t22-,24-,25-,26?/m0/s1. The molecule has 3 aromatic rings. The smallest absolute Gasteiger partial charge is 0.337 e. The summed E-state index contributed by atoms with van der Waals surface area (Å²) in [5.74, 6) is -2.06. The number of aliphatic hydroxyl groups is 1. The van der Waals surface area contributed by atoms with Crippen LogP contribution in [0.1, 0.15) is 73.2 Å². The third kappa shape index (κ3) is 6.62. The molecule has 11 nitrogen and oxygen atoms in total. The highest BCUT2D eigenvalue weighted by Crippen LogP contribution is 2.27. The number of rotatable bonds is 10. The van der Waals surface area contributed by atoms with E-state index in [9.17, 15) is 24.3 Å². The van der Waals surface area contributed by atoms with Gasteiger partial charge in [0.2, 0.25) is 17.7 Å². The van der Waals surface area contributed by atoms with E-state index >= 15 is 0 Å². The van der Waals surface area contributed by atoms with E-state index in [1.54, 1.807) is 12.1 Å². The molecular weight excluding hydrogens is 540 g/mol. The highest BCUT2D eigenvalue weighted by Gasteiger charge is 2.40. The molecule has 1 saturated heterocycles. The molecule has 1 fully saturated rings. The van der Waals surface area contributed by atoms with Crippen molar-refractivity contribution in [1.29, 1.82) is 0 Å². The minimum absolute atomic E-state index is 0.108. The normalized spacial score (nSPS) is 17.2. The minimum Gasteiger partial charge on any atom is -0.465 e. The van der Waals surface area contributed by atoms with Crippen LogP contribution in [0, 0.1) is 11.8 Å². The summed E-state index contributed by atoms with van der Waals surface area (Å²) >= 11 is 0. The third-order valence-electron chi connectivity index (χ3n) is 7.56. The Hall–Kier alpha value is -4.25. The van der Waals surface area contributed by atoms with E-state index in [0.717, 1.165) is 0 Å². The number of likely N-dealkylation sites (tertiary alicyclic amines) is 1. The summed E-state index contributed by atoms with van der Waals surface area (Å²) in [6.07, 6.45) is -0.118. The first-order valence-electron chi connectivity index (χ1n) is 14.2. The van der Waals surface area contributed by atoms with E-state index in [2.05, 4.69) is 15.6 Å². The highest BCUT2D eigenvalue weighted by atomic mass is 16.5. The van der Waals surface area contributed by atoms with Gasteiger partial charge in [0.1, 0.15) is 17.6 Å². The van der Waals surface area contributed by atoms with Gasteiger partial charge in [0.05, 0.1) is 18.7 Å². The lowest BCUT2D eigenvalue weighted by Gasteiger charge is -2.32. The van der Waals surface area contributed by atoms with Gasteiger partial charge in [-0.1, -0.05) is 39.8 Å².